The third kappa shape index (κ3) is 5.90. The van der Waals surface area contributed by atoms with Crippen LogP contribution in [0.4, 0.5) is 5.82 Å². The molecule has 0 aromatic carbocycles. The van der Waals surface area contributed by atoms with Crippen molar-refractivity contribution in [3.63, 3.8) is 0 Å². The number of rotatable bonds is 7. The lowest BCUT2D eigenvalue weighted by molar-refractivity contribution is -0.125. The largest absolute Gasteiger partial charge is 0.394 e. The topological polar surface area (TPSA) is 209 Å². The zero-order valence-electron chi connectivity index (χ0n) is 14.9. The van der Waals surface area contributed by atoms with Gasteiger partial charge < -0.3 is 45.9 Å². The zero-order valence-corrected chi connectivity index (χ0v) is 14.9. The Morgan fingerprint density at radius 3 is 2.43 bits per heavy atom. The van der Waals surface area contributed by atoms with Gasteiger partial charge in [0.05, 0.1) is 12.7 Å². The van der Waals surface area contributed by atoms with E-state index in [1.54, 1.807) is 0 Å². The van der Waals surface area contributed by atoms with Crippen LogP contribution in [0.1, 0.15) is 12.6 Å². The Hall–Kier alpha value is -2.19. The molecule has 1 aliphatic heterocycles. The van der Waals surface area contributed by atoms with Crippen molar-refractivity contribution < 1.29 is 40.2 Å². The molecule has 1 fully saturated rings. The van der Waals surface area contributed by atoms with Crippen molar-refractivity contribution in [3.05, 3.63) is 35.4 Å². The second-order valence-electron chi connectivity index (χ2n) is 5.98. The van der Waals surface area contributed by atoms with Crippen LogP contribution in [0.25, 0.3) is 0 Å². The van der Waals surface area contributed by atoms with Gasteiger partial charge in [0.15, 0.2) is 12.5 Å². The van der Waals surface area contributed by atoms with E-state index in [9.17, 15) is 19.8 Å². The number of aromatic nitrogens is 2. The average Bonchev–Trinajstić information content (AvgIpc) is 2.95. The molecule has 0 bridgehead atoms. The monoisotopic (exact) mass is 403 g/mol. The van der Waals surface area contributed by atoms with E-state index in [4.69, 9.17) is 30.9 Å². The molecule has 0 amide bonds. The second-order valence-corrected chi connectivity index (χ2v) is 5.98. The normalized spacial score (nSPS) is 27.2. The summed E-state index contributed by atoms with van der Waals surface area (Å²) < 4.78 is 6.19. The molecule has 1 aromatic rings. The molecule has 3 unspecified atom stereocenters. The second kappa shape index (κ2) is 11.0. The van der Waals surface area contributed by atoms with Gasteiger partial charge in [-0.25, -0.2) is 4.79 Å². The quantitative estimate of drug-likeness (QED) is 0.174. The lowest BCUT2D eigenvalue weighted by atomic mass is 10.1. The first kappa shape index (κ1) is 23.8. The highest BCUT2D eigenvalue weighted by atomic mass is 16.6. The number of nitrogens with two attached hydrogens (primary N) is 1. The summed E-state index contributed by atoms with van der Waals surface area (Å²) in [6.45, 7) is 2.87. The summed E-state index contributed by atoms with van der Waals surface area (Å²) in [4.78, 5) is 24.9. The molecule has 0 spiro atoms. The van der Waals surface area contributed by atoms with Crippen molar-refractivity contribution in [2.75, 3.05) is 12.3 Å². The molecule has 2 rings (SSSR count). The van der Waals surface area contributed by atoms with Crippen LogP contribution >= 0.6 is 0 Å². The summed E-state index contributed by atoms with van der Waals surface area (Å²) >= 11 is 0. The number of aliphatic hydroxyl groups excluding tert-OH is 6. The van der Waals surface area contributed by atoms with Gasteiger partial charge in [0.1, 0.15) is 36.3 Å². The first-order valence-electron chi connectivity index (χ1n) is 8.25. The third-order valence-electron chi connectivity index (χ3n) is 3.93. The summed E-state index contributed by atoms with van der Waals surface area (Å²) in [5.41, 5.74) is 4.63. The van der Waals surface area contributed by atoms with Gasteiger partial charge in [0, 0.05) is 6.20 Å². The molecule has 28 heavy (non-hydrogen) atoms. The number of carbonyl (C=O) groups excluding carboxylic acids is 1. The molecule has 8 N–H and O–H groups in total. The molecule has 0 aliphatic carbocycles. The number of aliphatic hydroxyl groups is 6. The molecule has 1 aromatic heterocycles. The molecule has 12 heteroatoms. The SMILES string of the molecule is C=CCC(O)C(O)C(O)C=O.Nc1ccn([C@@H]2O[C@H](CO)[C@@H](O)[C@H]2O)c(=O)n1. The molecular weight excluding hydrogens is 378 g/mol. The Morgan fingerprint density at radius 2 is 1.96 bits per heavy atom. The number of carbonyl (C=O) groups is 1. The number of hydrogen-bond acceptors (Lipinski definition) is 11. The number of anilines is 1. The van der Waals surface area contributed by atoms with Gasteiger partial charge in [-0.3, -0.25) is 4.57 Å². The maximum Gasteiger partial charge on any atom is 0.351 e. The van der Waals surface area contributed by atoms with Crippen molar-refractivity contribution in [1.82, 2.24) is 9.55 Å². The number of nitrogens with zero attached hydrogens (tertiary/aromatic N) is 2. The first-order valence-corrected chi connectivity index (χ1v) is 8.25. The zero-order chi connectivity index (χ0) is 21.4. The average molecular weight is 403 g/mol. The standard InChI is InChI=1S/C9H13N3O5.C7H12O4/c10-5-1-2-12(9(16)11-5)8-7(15)6(14)4(3-13)17-8;1-2-3-5(9)7(11)6(10)4-8/h1-2,4,6-8,13-15H,3H2,(H2,10,11,16);2,4-7,9-11H,1,3H2/t4-,6-,7-,8-;/m1./s1. The summed E-state index contributed by atoms with van der Waals surface area (Å²) in [6, 6.07) is 1.37. The van der Waals surface area contributed by atoms with Gasteiger partial charge in [-0.05, 0) is 12.5 Å². The van der Waals surface area contributed by atoms with Gasteiger partial charge in [-0.1, -0.05) is 6.08 Å². The number of ether oxygens (including phenoxy) is 1. The lowest BCUT2D eigenvalue weighted by Crippen LogP contribution is -2.37. The van der Waals surface area contributed by atoms with Crippen LogP contribution in [0.15, 0.2) is 29.7 Å². The molecule has 158 valence electrons. The minimum absolute atomic E-state index is 0.0537. The van der Waals surface area contributed by atoms with Crippen LogP contribution in [-0.2, 0) is 9.53 Å². The van der Waals surface area contributed by atoms with Crippen LogP contribution in [-0.4, -0.2) is 89.7 Å². The highest BCUT2D eigenvalue weighted by molar-refractivity contribution is 5.56. The summed E-state index contributed by atoms with van der Waals surface area (Å²) in [7, 11) is 0. The molecule has 0 radical (unpaired) electrons. The minimum Gasteiger partial charge on any atom is -0.394 e. The Kier molecular flexibility index (Phi) is 9.34. The Bertz CT molecular complexity index is 698. The van der Waals surface area contributed by atoms with E-state index in [0.717, 1.165) is 4.57 Å². The van der Waals surface area contributed by atoms with E-state index in [1.807, 2.05) is 0 Å². The van der Waals surface area contributed by atoms with Gasteiger partial charge in [0.25, 0.3) is 0 Å². The fraction of sp³-hybridized carbons (Fsp3) is 0.562. The third-order valence-corrected chi connectivity index (χ3v) is 3.93. The van der Waals surface area contributed by atoms with Crippen LogP contribution in [0.3, 0.4) is 0 Å². The van der Waals surface area contributed by atoms with Crippen molar-refractivity contribution in [2.45, 2.75) is 49.3 Å². The van der Waals surface area contributed by atoms with Crippen LogP contribution < -0.4 is 11.4 Å². The predicted octanol–water partition coefficient (Wildman–Crippen LogP) is -3.72. The van der Waals surface area contributed by atoms with E-state index in [2.05, 4.69) is 11.6 Å². The van der Waals surface area contributed by atoms with E-state index >= 15 is 0 Å². The number of nitrogen functional groups attached to an aromatic ring is 1. The Labute approximate surface area is 159 Å². The Balaban J connectivity index is 0.000000311. The highest BCUT2D eigenvalue weighted by Crippen LogP contribution is 2.27. The van der Waals surface area contributed by atoms with Gasteiger partial charge in [-0.15, -0.1) is 6.58 Å². The van der Waals surface area contributed by atoms with Gasteiger partial charge in [0.2, 0.25) is 0 Å². The Morgan fingerprint density at radius 1 is 1.32 bits per heavy atom. The van der Waals surface area contributed by atoms with Crippen molar-refractivity contribution >= 4 is 12.1 Å². The van der Waals surface area contributed by atoms with Crippen molar-refractivity contribution in [3.8, 4) is 0 Å². The van der Waals surface area contributed by atoms with E-state index in [0.29, 0.717) is 0 Å². The van der Waals surface area contributed by atoms with Crippen LogP contribution in [0.2, 0.25) is 0 Å². The summed E-state index contributed by atoms with van der Waals surface area (Å²) in [5, 5.41) is 54.8. The van der Waals surface area contributed by atoms with Crippen LogP contribution in [0, 0.1) is 0 Å². The van der Waals surface area contributed by atoms with Gasteiger partial charge in [-0.2, -0.15) is 4.98 Å². The minimum atomic E-state index is -1.52. The number of aldehydes is 1. The maximum absolute atomic E-state index is 11.5. The summed E-state index contributed by atoms with van der Waals surface area (Å²) in [5.74, 6) is 0.0537. The van der Waals surface area contributed by atoms with Gasteiger partial charge >= 0.3 is 5.69 Å². The molecule has 7 atom stereocenters. The fourth-order valence-corrected chi connectivity index (χ4v) is 2.35. The summed E-state index contributed by atoms with van der Waals surface area (Å²) in [6.07, 6.45) is -5.63. The predicted molar refractivity (Wildman–Crippen MR) is 94.8 cm³/mol. The first-order chi connectivity index (χ1) is 13.2. The molecule has 1 saturated heterocycles. The molecule has 2 heterocycles. The van der Waals surface area contributed by atoms with Crippen molar-refractivity contribution in [1.29, 1.82) is 0 Å². The maximum atomic E-state index is 11.5. The van der Waals surface area contributed by atoms with Crippen molar-refractivity contribution in [2.24, 2.45) is 0 Å². The molecule has 0 saturated carbocycles. The number of hydrogen-bond donors (Lipinski definition) is 7. The van der Waals surface area contributed by atoms with E-state index in [1.165, 1.54) is 18.3 Å². The smallest absolute Gasteiger partial charge is 0.351 e. The van der Waals surface area contributed by atoms with Crippen LogP contribution in [0.5, 0.6) is 0 Å². The lowest BCUT2D eigenvalue weighted by Gasteiger charge is -2.17. The fourth-order valence-electron chi connectivity index (χ4n) is 2.35. The van der Waals surface area contributed by atoms with E-state index in [-0.39, 0.29) is 18.5 Å². The molecular formula is C16H25N3O9. The highest BCUT2D eigenvalue weighted by Gasteiger charge is 2.43. The molecule has 1 aliphatic rings. The van der Waals surface area contributed by atoms with E-state index < -0.39 is 55.1 Å². The molecule has 12 nitrogen and oxygen atoms in total.